The summed E-state index contributed by atoms with van der Waals surface area (Å²) in [7, 11) is 3.73. The Bertz CT molecular complexity index is 197. The molecule has 0 heterocycles. The molecular formula is C13H25NO. The van der Waals surface area contributed by atoms with Crippen LogP contribution in [0, 0.1) is 0 Å². The van der Waals surface area contributed by atoms with Crippen molar-refractivity contribution in [3.05, 3.63) is 12.3 Å². The van der Waals surface area contributed by atoms with Gasteiger partial charge in [0.05, 0.1) is 5.70 Å². The SMILES string of the molecule is C=C(C(=O)CCCCCCCC)N(C)C. The van der Waals surface area contributed by atoms with Crippen molar-refractivity contribution in [3.8, 4) is 0 Å². The van der Waals surface area contributed by atoms with Gasteiger partial charge in [0, 0.05) is 20.5 Å². The smallest absolute Gasteiger partial charge is 0.178 e. The van der Waals surface area contributed by atoms with Crippen molar-refractivity contribution in [2.75, 3.05) is 14.1 Å². The standard InChI is InChI=1S/C13H25NO/c1-5-6-7-8-9-10-11-13(15)12(2)14(3)4/h2,5-11H2,1,3-4H3. The van der Waals surface area contributed by atoms with E-state index in [1.54, 1.807) is 4.90 Å². The van der Waals surface area contributed by atoms with Crippen LogP contribution in [0.3, 0.4) is 0 Å². The minimum atomic E-state index is 0.190. The predicted octanol–water partition coefficient (Wildman–Crippen LogP) is 3.38. The zero-order valence-electron chi connectivity index (χ0n) is 10.5. The molecule has 0 spiro atoms. The number of allylic oxidation sites excluding steroid dienone is 1. The van der Waals surface area contributed by atoms with E-state index in [0.717, 1.165) is 6.42 Å². The molecular weight excluding hydrogens is 186 g/mol. The normalized spacial score (nSPS) is 10.1. The molecule has 0 unspecified atom stereocenters. The van der Waals surface area contributed by atoms with Crippen molar-refractivity contribution in [1.82, 2.24) is 4.90 Å². The first-order valence-corrected chi connectivity index (χ1v) is 5.99. The van der Waals surface area contributed by atoms with Crippen LogP contribution in [0.25, 0.3) is 0 Å². The molecule has 0 aliphatic heterocycles. The Morgan fingerprint density at radius 1 is 1.07 bits per heavy atom. The zero-order valence-corrected chi connectivity index (χ0v) is 10.5. The van der Waals surface area contributed by atoms with Gasteiger partial charge in [0.2, 0.25) is 0 Å². The van der Waals surface area contributed by atoms with Crippen LogP contribution in [0.5, 0.6) is 0 Å². The monoisotopic (exact) mass is 211 g/mol. The van der Waals surface area contributed by atoms with Crippen molar-refractivity contribution in [2.45, 2.75) is 51.9 Å². The molecule has 0 rings (SSSR count). The van der Waals surface area contributed by atoms with Crippen molar-refractivity contribution in [1.29, 1.82) is 0 Å². The highest BCUT2D eigenvalue weighted by Gasteiger charge is 2.07. The fourth-order valence-corrected chi connectivity index (χ4v) is 1.46. The number of nitrogens with zero attached hydrogens (tertiary/aromatic N) is 1. The molecule has 0 N–H and O–H groups in total. The molecule has 0 aromatic heterocycles. The number of carbonyl (C=O) groups excluding carboxylic acids is 1. The summed E-state index contributed by atoms with van der Waals surface area (Å²) in [6, 6.07) is 0. The maximum atomic E-state index is 11.5. The molecule has 2 heteroatoms. The molecule has 0 aromatic carbocycles. The zero-order chi connectivity index (χ0) is 11.7. The summed E-state index contributed by atoms with van der Waals surface area (Å²) in [5, 5.41) is 0. The first-order valence-electron chi connectivity index (χ1n) is 5.99. The molecule has 2 nitrogen and oxygen atoms in total. The van der Waals surface area contributed by atoms with Crippen LogP contribution in [-0.4, -0.2) is 24.8 Å². The molecule has 0 aromatic rings. The summed E-state index contributed by atoms with van der Waals surface area (Å²) < 4.78 is 0. The van der Waals surface area contributed by atoms with Crippen LogP contribution in [0.2, 0.25) is 0 Å². The van der Waals surface area contributed by atoms with E-state index in [1.807, 2.05) is 14.1 Å². The van der Waals surface area contributed by atoms with E-state index in [0.29, 0.717) is 12.1 Å². The maximum absolute atomic E-state index is 11.5. The molecule has 0 amide bonds. The average molecular weight is 211 g/mol. The highest BCUT2D eigenvalue weighted by atomic mass is 16.1. The van der Waals surface area contributed by atoms with E-state index in [9.17, 15) is 4.79 Å². The molecule has 0 radical (unpaired) electrons. The van der Waals surface area contributed by atoms with Gasteiger partial charge in [-0.25, -0.2) is 0 Å². The fraction of sp³-hybridized carbons (Fsp3) is 0.769. The molecule has 0 aliphatic carbocycles. The average Bonchev–Trinajstić information content (AvgIpc) is 2.21. The fourth-order valence-electron chi connectivity index (χ4n) is 1.46. The first-order chi connectivity index (χ1) is 7.09. The maximum Gasteiger partial charge on any atom is 0.178 e. The summed E-state index contributed by atoms with van der Waals surface area (Å²) in [6.07, 6.45) is 7.99. The Hall–Kier alpha value is -0.790. The van der Waals surface area contributed by atoms with Gasteiger partial charge in [-0.1, -0.05) is 45.6 Å². The highest BCUT2D eigenvalue weighted by Crippen LogP contribution is 2.09. The second-order valence-corrected chi connectivity index (χ2v) is 4.28. The third-order valence-corrected chi connectivity index (χ3v) is 2.62. The number of unbranched alkanes of at least 4 members (excludes halogenated alkanes) is 5. The third-order valence-electron chi connectivity index (χ3n) is 2.62. The molecule has 15 heavy (non-hydrogen) atoms. The van der Waals surface area contributed by atoms with Gasteiger partial charge in [0.15, 0.2) is 5.78 Å². The van der Waals surface area contributed by atoms with Gasteiger partial charge in [-0.3, -0.25) is 4.79 Å². The number of ketones is 1. The molecule has 0 saturated heterocycles. The second kappa shape index (κ2) is 8.51. The molecule has 0 fully saturated rings. The lowest BCUT2D eigenvalue weighted by atomic mass is 10.1. The number of hydrogen-bond donors (Lipinski definition) is 0. The van der Waals surface area contributed by atoms with Crippen molar-refractivity contribution in [2.24, 2.45) is 0 Å². The van der Waals surface area contributed by atoms with Crippen LogP contribution in [-0.2, 0) is 4.79 Å². The summed E-state index contributed by atoms with van der Waals surface area (Å²) in [4.78, 5) is 13.3. The molecule has 88 valence electrons. The first kappa shape index (κ1) is 14.2. The van der Waals surface area contributed by atoms with E-state index in [-0.39, 0.29) is 5.78 Å². The van der Waals surface area contributed by atoms with E-state index >= 15 is 0 Å². The van der Waals surface area contributed by atoms with E-state index in [1.165, 1.54) is 32.1 Å². The summed E-state index contributed by atoms with van der Waals surface area (Å²) in [5.41, 5.74) is 0.628. The number of likely N-dealkylation sites (N-methyl/N-ethyl adjacent to an activating group) is 1. The van der Waals surface area contributed by atoms with Gasteiger partial charge in [-0.05, 0) is 6.42 Å². The van der Waals surface area contributed by atoms with E-state index in [2.05, 4.69) is 13.5 Å². The van der Waals surface area contributed by atoms with Gasteiger partial charge in [0.25, 0.3) is 0 Å². The van der Waals surface area contributed by atoms with Gasteiger partial charge in [0.1, 0.15) is 0 Å². The number of hydrogen-bond acceptors (Lipinski definition) is 2. The van der Waals surface area contributed by atoms with Gasteiger partial charge in [-0.15, -0.1) is 0 Å². The van der Waals surface area contributed by atoms with Crippen molar-refractivity contribution >= 4 is 5.78 Å². The molecule has 0 bridgehead atoms. The second-order valence-electron chi connectivity index (χ2n) is 4.28. The Balaban J connectivity index is 3.43. The highest BCUT2D eigenvalue weighted by molar-refractivity contribution is 5.93. The molecule has 0 aliphatic rings. The lowest BCUT2D eigenvalue weighted by molar-refractivity contribution is -0.116. The predicted molar refractivity (Wildman–Crippen MR) is 65.8 cm³/mol. The Morgan fingerprint density at radius 3 is 2.13 bits per heavy atom. The van der Waals surface area contributed by atoms with Crippen molar-refractivity contribution in [3.63, 3.8) is 0 Å². The molecule has 0 saturated carbocycles. The van der Waals surface area contributed by atoms with Crippen LogP contribution in [0.1, 0.15) is 51.9 Å². The van der Waals surface area contributed by atoms with Crippen LogP contribution in [0.15, 0.2) is 12.3 Å². The van der Waals surface area contributed by atoms with Gasteiger partial charge < -0.3 is 4.90 Å². The minimum absolute atomic E-state index is 0.190. The van der Waals surface area contributed by atoms with Crippen molar-refractivity contribution < 1.29 is 4.79 Å². The van der Waals surface area contributed by atoms with E-state index in [4.69, 9.17) is 0 Å². The van der Waals surface area contributed by atoms with Crippen LogP contribution in [0.4, 0.5) is 0 Å². The quantitative estimate of drug-likeness (QED) is 0.430. The number of carbonyl (C=O) groups is 1. The topological polar surface area (TPSA) is 20.3 Å². The van der Waals surface area contributed by atoms with Gasteiger partial charge in [-0.2, -0.15) is 0 Å². The summed E-state index contributed by atoms with van der Waals surface area (Å²) >= 11 is 0. The molecule has 0 atom stereocenters. The lowest BCUT2D eigenvalue weighted by Gasteiger charge is -2.13. The van der Waals surface area contributed by atoms with E-state index < -0.39 is 0 Å². The largest absolute Gasteiger partial charge is 0.375 e. The summed E-state index contributed by atoms with van der Waals surface area (Å²) in [5.74, 6) is 0.190. The minimum Gasteiger partial charge on any atom is -0.375 e. The summed E-state index contributed by atoms with van der Waals surface area (Å²) in [6.45, 7) is 5.97. The Kier molecular flexibility index (Phi) is 8.06. The third kappa shape index (κ3) is 7.18. The number of Topliss-reactive ketones (excluding diaryl/α,β-unsaturated/α-hetero) is 1. The van der Waals surface area contributed by atoms with Crippen LogP contribution >= 0.6 is 0 Å². The Labute approximate surface area is 94.4 Å². The number of rotatable bonds is 9. The van der Waals surface area contributed by atoms with Gasteiger partial charge >= 0.3 is 0 Å². The lowest BCUT2D eigenvalue weighted by Crippen LogP contribution is -2.17. The Morgan fingerprint density at radius 2 is 1.60 bits per heavy atom. The van der Waals surface area contributed by atoms with Crippen LogP contribution < -0.4 is 0 Å².